The van der Waals surface area contributed by atoms with Crippen LogP contribution in [0.2, 0.25) is 4.34 Å². The van der Waals surface area contributed by atoms with E-state index in [1.807, 2.05) is 0 Å². The van der Waals surface area contributed by atoms with Gasteiger partial charge in [0.05, 0.1) is 22.3 Å². The van der Waals surface area contributed by atoms with Gasteiger partial charge in [-0.2, -0.15) is 17.5 Å². The van der Waals surface area contributed by atoms with Gasteiger partial charge in [-0.3, -0.25) is 9.78 Å². The highest BCUT2D eigenvalue weighted by atomic mass is 35.5. The van der Waals surface area contributed by atoms with E-state index in [4.69, 9.17) is 11.6 Å². The molecule has 3 unspecified atom stereocenters. The molecule has 198 valence electrons. The van der Waals surface area contributed by atoms with Crippen molar-refractivity contribution in [3.63, 3.8) is 0 Å². The average molecular weight is 582 g/mol. The molecule has 0 saturated carbocycles. The van der Waals surface area contributed by atoms with Crippen molar-refractivity contribution in [1.82, 2.24) is 24.6 Å². The number of halogens is 6. The lowest BCUT2D eigenvalue weighted by atomic mass is 10.1. The van der Waals surface area contributed by atoms with E-state index in [9.17, 15) is 35.2 Å². The van der Waals surface area contributed by atoms with E-state index in [1.165, 1.54) is 25.1 Å². The van der Waals surface area contributed by atoms with Gasteiger partial charge < -0.3 is 5.32 Å². The maximum atomic E-state index is 14.5. The molecule has 1 fully saturated rings. The summed E-state index contributed by atoms with van der Waals surface area (Å²) in [5, 5.41) is 2.41. The lowest BCUT2D eigenvalue weighted by molar-refractivity contribution is -0.145. The monoisotopic (exact) mass is 581 g/mol. The van der Waals surface area contributed by atoms with Crippen LogP contribution in [-0.4, -0.2) is 51.8 Å². The summed E-state index contributed by atoms with van der Waals surface area (Å²) in [6, 6.07) is 1.27. The summed E-state index contributed by atoms with van der Waals surface area (Å²) < 4.78 is 94.0. The molecule has 4 rings (SSSR count). The number of amides is 1. The number of carbonyl (C=O) groups is 1. The number of rotatable bonds is 6. The fraction of sp³-hybridized carbons (Fsp3) is 0.333. The van der Waals surface area contributed by atoms with E-state index in [2.05, 4.69) is 20.3 Å². The maximum Gasteiger partial charge on any atom is 0.451 e. The van der Waals surface area contributed by atoms with Crippen molar-refractivity contribution < 1.29 is 35.2 Å². The number of hydrogen-bond donors (Lipinski definition) is 1. The van der Waals surface area contributed by atoms with Crippen LogP contribution in [0.3, 0.4) is 0 Å². The predicted octanol–water partition coefficient (Wildman–Crippen LogP) is 4.22. The van der Waals surface area contributed by atoms with Crippen molar-refractivity contribution >= 4 is 38.9 Å². The summed E-state index contributed by atoms with van der Waals surface area (Å²) >= 11 is 6.60. The number of nitrogens with one attached hydrogen (secondary N) is 1. The minimum absolute atomic E-state index is 0.0384. The Kier molecular flexibility index (Phi) is 7.52. The third-order valence-corrected chi connectivity index (χ3v) is 9.35. The Morgan fingerprint density at radius 1 is 1.22 bits per heavy atom. The van der Waals surface area contributed by atoms with E-state index in [1.54, 1.807) is 0 Å². The Balaban J connectivity index is 1.53. The summed E-state index contributed by atoms with van der Waals surface area (Å²) in [5.74, 6) is -3.04. The second kappa shape index (κ2) is 10.2. The number of hydrogen-bond acceptors (Lipinski definition) is 7. The number of aromatic nitrogens is 3. The van der Waals surface area contributed by atoms with Crippen LogP contribution < -0.4 is 5.32 Å². The lowest BCUT2D eigenvalue weighted by Gasteiger charge is -2.26. The van der Waals surface area contributed by atoms with Gasteiger partial charge in [0.25, 0.3) is 10.0 Å². The zero-order valence-electron chi connectivity index (χ0n) is 18.7. The molecule has 0 aromatic carbocycles. The topological polar surface area (TPSA) is 105 Å². The Hall–Kier alpha value is -2.75. The van der Waals surface area contributed by atoms with Crippen molar-refractivity contribution in [3.8, 4) is 11.3 Å². The van der Waals surface area contributed by atoms with E-state index in [-0.39, 0.29) is 25.4 Å². The molecule has 1 N–H and O–H groups in total. The van der Waals surface area contributed by atoms with Crippen molar-refractivity contribution in [2.24, 2.45) is 0 Å². The minimum Gasteiger partial charge on any atom is -0.351 e. The molecule has 37 heavy (non-hydrogen) atoms. The molecule has 0 aliphatic carbocycles. The van der Waals surface area contributed by atoms with Crippen LogP contribution >= 0.6 is 22.9 Å². The zero-order chi connectivity index (χ0) is 27.1. The third-order valence-electron chi connectivity index (χ3n) is 5.65. The molecule has 0 bridgehead atoms. The SMILES string of the molecule is CC1C(F)CC(C(=O)NCc2cc(-c3cnc(C(F)(F)F)nc3)ncc2F)N1S(=O)(=O)c1ccc(Cl)s1. The van der Waals surface area contributed by atoms with Crippen molar-refractivity contribution in [2.45, 2.75) is 48.5 Å². The molecular weight excluding hydrogens is 565 g/mol. The quantitative estimate of drug-likeness (QED) is 0.437. The van der Waals surface area contributed by atoms with Gasteiger partial charge >= 0.3 is 6.18 Å². The Labute approximate surface area is 216 Å². The van der Waals surface area contributed by atoms with E-state index in [0.717, 1.165) is 34.2 Å². The molecule has 16 heteroatoms. The molecule has 0 radical (unpaired) electrons. The smallest absolute Gasteiger partial charge is 0.351 e. The number of thiophene rings is 1. The van der Waals surface area contributed by atoms with E-state index in [0.29, 0.717) is 0 Å². The summed E-state index contributed by atoms with van der Waals surface area (Å²) in [4.78, 5) is 23.2. The molecule has 3 aromatic heterocycles. The molecule has 1 aliphatic rings. The largest absolute Gasteiger partial charge is 0.451 e. The fourth-order valence-electron chi connectivity index (χ4n) is 3.79. The highest BCUT2D eigenvalue weighted by Crippen LogP contribution is 2.36. The lowest BCUT2D eigenvalue weighted by Crippen LogP contribution is -2.48. The van der Waals surface area contributed by atoms with Crippen molar-refractivity contribution in [1.29, 1.82) is 0 Å². The molecule has 4 heterocycles. The third kappa shape index (κ3) is 5.58. The molecule has 3 aromatic rings. The molecule has 8 nitrogen and oxygen atoms in total. The highest BCUT2D eigenvalue weighted by Gasteiger charge is 2.49. The maximum absolute atomic E-state index is 14.5. The number of sulfonamides is 1. The fourth-order valence-corrected chi connectivity index (χ4v) is 7.18. The first kappa shape index (κ1) is 27.3. The van der Waals surface area contributed by atoms with Crippen molar-refractivity contribution in [2.75, 3.05) is 0 Å². The van der Waals surface area contributed by atoms with E-state index >= 15 is 0 Å². The first-order valence-electron chi connectivity index (χ1n) is 10.5. The second-order valence-corrected chi connectivity index (χ2v) is 11.9. The molecule has 1 amide bonds. The van der Waals surface area contributed by atoms with Gasteiger partial charge in [0.2, 0.25) is 11.7 Å². The van der Waals surface area contributed by atoms with Gasteiger partial charge in [0.1, 0.15) is 22.2 Å². The normalized spacial score (nSPS) is 20.8. The minimum atomic E-state index is -4.74. The summed E-state index contributed by atoms with van der Waals surface area (Å²) in [6.45, 7) is 0.911. The predicted molar refractivity (Wildman–Crippen MR) is 123 cm³/mol. The summed E-state index contributed by atoms with van der Waals surface area (Å²) in [7, 11) is -4.25. The molecule has 3 atom stereocenters. The van der Waals surface area contributed by atoms with Crippen LogP contribution in [0, 0.1) is 5.82 Å². The first-order valence-corrected chi connectivity index (χ1v) is 13.2. The molecule has 1 saturated heterocycles. The summed E-state index contributed by atoms with van der Waals surface area (Å²) in [5.41, 5.74) is 0.00865. The van der Waals surface area contributed by atoms with Gasteiger partial charge in [0, 0.05) is 36.5 Å². The van der Waals surface area contributed by atoms with Crippen molar-refractivity contribution in [3.05, 3.63) is 58.3 Å². The first-order chi connectivity index (χ1) is 17.3. The van der Waals surface area contributed by atoms with Gasteiger partial charge in [-0.25, -0.2) is 27.2 Å². The Morgan fingerprint density at radius 2 is 1.89 bits per heavy atom. The van der Waals surface area contributed by atoms with Crippen LogP contribution in [0.4, 0.5) is 22.0 Å². The number of carbonyl (C=O) groups excluding carboxylic acids is 1. The molecule has 1 aliphatic heterocycles. The molecule has 0 spiro atoms. The number of pyridine rings is 1. The van der Waals surface area contributed by atoms with Crippen LogP contribution in [-0.2, 0) is 27.5 Å². The Morgan fingerprint density at radius 3 is 2.49 bits per heavy atom. The van der Waals surface area contributed by atoms with Crippen LogP contribution in [0.5, 0.6) is 0 Å². The highest BCUT2D eigenvalue weighted by molar-refractivity contribution is 7.91. The van der Waals surface area contributed by atoms with Crippen LogP contribution in [0.25, 0.3) is 11.3 Å². The van der Waals surface area contributed by atoms with Gasteiger partial charge in [-0.1, -0.05) is 11.6 Å². The van der Waals surface area contributed by atoms with Gasteiger partial charge in [-0.05, 0) is 25.1 Å². The number of nitrogens with zero attached hydrogens (tertiary/aromatic N) is 4. The van der Waals surface area contributed by atoms with Crippen LogP contribution in [0.1, 0.15) is 24.7 Å². The molecular formula is C21H17ClF5N5O3S2. The second-order valence-electron chi connectivity index (χ2n) is 8.07. The van der Waals surface area contributed by atoms with E-state index < -0.39 is 65.0 Å². The standard InChI is InChI=1S/C21H17ClF5N5O3S2/c1-10-13(23)5-16(32(10)37(34,35)18-3-2-17(22)36-18)19(33)29-6-11-4-15(28-9-14(11)24)12-7-30-20(31-8-12)21(25,26)27/h2-4,7-10,13,16H,5-6H2,1H3,(H,29,33). The Bertz CT molecular complexity index is 1420. The zero-order valence-corrected chi connectivity index (χ0v) is 21.1. The summed E-state index contributed by atoms with van der Waals surface area (Å²) in [6.07, 6.45) is -4.21. The van der Waals surface area contributed by atoms with Crippen LogP contribution in [0.15, 0.2) is 41.0 Å². The van der Waals surface area contributed by atoms with Gasteiger partial charge in [-0.15, -0.1) is 11.3 Å². The average Bonchev–Trinajstić information content (AvgIpc) is 3.41. The van der Waals surface area contributed by atoms with Gasteiger partial charge in [0.15, 0.2) is 0 Å². The number of alkyl halides is 4.